The zero-order chi connectivity index (χ0) is 63.8. The topological polar surface area (TPSA) is 228 Å². The van der Waals surface area contributed by atoms with Crippen LogP contribution < -0.4 is 5.32 Å². The van der Waals surface area contributed by atoms with Crippen LogP contribution >= 0.6 is 0 Å². The molecule has 12 unspecified atom stereocenters. The van der Waals surface area contributed by atoms with Crippen molar-refractivity contribution in [1.29, 1.82) is 0 Å². The van der Waals surface area contributed by atoms with Crippen LogP contribution in [0.25, 0.3) is 0 Å². The molecule has 0 aromatic carbocycles. The molecular formula is C74H119NO13. The quantitative estimate of drug-likeness (QED) is 0.0204. The first kappa shape index (κ1) is 79.7. The van der Waals surface area contributed by atoms with E-state index in [0.717, 1.165) is 128 Å². The number of rotatable bonds is 52. The lowest BCUT2D eigenvalue weighted by Crippen LogP contribution is -2.65. The van der Waals surface area contributed by atoms with E-state index in [1.54, 1.807) is 6.08 Å². The molecule has 498 valence electrons. The van der Waals surface area contributed by atoms with Crippen molar-refractivity contribution < 1.29 is 64.6 Å². The van der Waals surface area contributed by atoms with E-state index in [1.165, 1.54) is 44.9 Å². The molecule has 0 aromatic heterocycles. The molecule has 12 atom stereocenters. The van der Waals surface area contributed by atoms with E-state index < -0.39 is 86.8 Å². The number of amides is 1. The Kier molecular flexibility index (Phi) is 51.2. The van der Waals surface area contributed by atoms with Crippen molar-refractivity contribution in [2.45, 2.75) is 280 Å². The molecule has 2 saturated heterocycles. The number of unbranched alkanes of at least 4 members (excludes halogenated alkanes) is 15. The summed E-state index contributed by atoms with van der Waals surface area (Å²) >= 11 is 0. The maximum atomic E-state index is 13.3. The highest BCUT2D eigenvalue weighted by molar-refractivity contribution is 5.76. The Balaban J connectivity index is 1.70. The smallest absolute Gasteiger partial charge is 0.220 e. The van der Waals surface area contributed by atoms with E-state index in [4.69, 9.17) is 18.9 Å². The normalized spacial score (nSPS) is 24.2. The van der Waals surface area contributed by atoms with Gasteiger partial charge in [-0.05, 0) is 122 Å². The maximum Gasteiger partial charge on any atom is 0.220 e. The van der Waals surface area contributed by atoms with Crippen molar-refractivity contribution in [3.05, 3.63) is 158 Å². The molecule has 0 aromatic rings. The molecule has 2 heterocycles. The number of hydrogen-bond donors (Lipinski definition) is 9. The zero-order valence-electron chi connectivity index (χ0n) is 53.9. The van der Waals surface area contributed by atoms with Gasteiger partial charge >= 0.3 is 0 Å². The average molecular weight is 1230 g/mol. The highest BCUT2D eigenvalue weighted by Crippen LogP contribution is 2.30. The second-order valence-electron chi connectivity index (χ2n) is 22.8. The molecule has 1 amide bonds. The SMILES string of the molecule is CC/C=C\C/C=C\C/C=C\C/C=C\C/C=C\C/C=C\C/C=C\C/C=C\C/C=C\C/C=C\CCCCCCCCC(=O)NC(COC1OC(CO)C(OC2OC(CO)C(O)C(O)C2O)C(O)C1O)C(O)/C=C/CC/C=C/CC/C=C/CCCCCCCCC. The van der Waals surface area contributed by atoms with E-state index in [0.29, 0.717) is 12.8 Å². The zero-order valence-corrected chi connectivity index (χ0v) is 53.9. The minimum Gasteiger partial charge on any atom is -0.394 e. The van der Waals surface area contributed by atoms with Crippen molar-refractivity contribution in [2.24, 2.45) is 0 Å². The van der Waals surface area contributed by atoms with E-state index in [2.05, 4.69) is 165 Å². The van der Waals surface area contributed by atoms with Crippen molar-refractivity contribution in [1.82, 2.24) is 5.32 Å². The summed E-state index contributed by atoms with van der Waals surface area (Å²) in [5.74, 6) is -0.275. The number of aliphatic hydroxyl groups is 8. The van der Waals surface area contributed by atoms with Crippen molar-refractivity contribution in [2.75, 3.05) is 19.8 Å². The average Bonchev–Trinajstić information content (AvgIpc) is 2.07. The largest absolute Gasteiger partial charge is 0.394 e. The predicted octanol–water partition coefficient (Wildman–Crippen LogP) is 13.4. The fourth-order valence-electron chi connectivity index (χ4n) is 9.82. The lowest BCUT2D eigenvalue weighted by Gasteiger charge is -2.46. The van der Waals surface area contributed by atoms with Crippen LogP contribution in [0.2, 0.25) is 0 Å². The summed E-state index contributed by atoms with van der Waals surface area (Å²) in [5, 5.41) is 87.2. The Hall–Kier alpha value is -4.39. The van der Waals surface area contributed by atoms with Gasteiger partial charge in [-0.3, -0.25) is 4.79 Å². The van der Waals surface area contributed by atoms with Gasteiger partial charge in [-0.25, -0.2) is 0 Å². The van der Waals surface area contributed by atoms with Gasteiger partial charge in [0.1, 0.15) is 48.8 Å². The van der Waals surface area contributed by atoms with Gasteiger partial charge in [0.2, 0.25) is 5.91 Å². The molecule has 2 aliphatic rings. The van der Waals surface area contributed by atoms with Gasteiger partial charge in [-0.1, -0.05) is 236 Å². The fourth-order valence-corrected chi connectivity index (χ4v) is 9.82. The molecule has 0 spiro atoms. The fraction of sp³-hybridized carbons (Fsp3) is 0.635. The highest BCUT2D eigenvalue weighted by atomic mass is 16.7. The molecule has 2 fully saturated rings. The Bertz CT molecular complexity index is 2080. The van der Waals surface area contributed by atoms with Crippen LogP contribution in [-0.2, 0) is 23.7 Å². The van der Waals surface area contributed by atoms with Gasteiger partial charge in [0, 0.05) is 6.42 Å². The Morgan fingerprint density at radius 3 is 1.25 bits per heavy atom. The first-order valence-corrected chi connectivity index (χ1v) is 33.7. The molecule has 2 aliphatic heterocycles. The van der Waals surface area contributed by atoms with Gasteiger partial charge in [0.25, 0.3) is 0 Å². The number of aliphatic hydroxyl groups excluding tert-OH is 8. The van der Waals surface area contributed by atoms with Crippen LogP contribution in [0, 0.1) is 0 Å². The number of carbonyl (C=O) groups excluding carboxylic acids is 1. The number of ether oxygens (including phenoxy) is 4. The summed E-state index contributed by atoms with van der Waals surface area (Å²) in [5.41, 5.74) is 0. The number of hydrogen-bond acceptors (Lipinski definition) is 13. The Labute approximate surface area is 531 Å². The molecule has 2 rings (SSSR count). The van der Waals surface area contributed by atoms with E-state index in [-0.39, 0.29) is 18.9 Å². The summed E-state index contributed by atoms with van der Waals surface area (Å²) in [6.07, 6.45) is 70.0. The Morgan fingerprint density at radius 1 is 0.420 bits per heavy atom. The maximum absolute atomic E-state index is 13.3. The van der Waals surface area contributed by atoms with Gasteiger partial charge in [0.15, 0.2) is 12.6 Å². The number of nitrogens with one attached hydrogen (secondary N) is 1. The molecule has 0 radical (unpaired) electrons. The summed E-state index contributed by atoms with van der Waals surface area (Å²) in [4.78, 5) is 13.3. The van der Waals surface area contributed by atoms with Gasteiger partial charge in [-0.2, -0.15) is 0 Å². The van der Waals surface area contributed by atoms with Crippen LogP contribution in [0.5, 0.6) is 0 Å². The summed E-state index contributed by atoms with van der Waals surface area (Å²) in [6.45, 7) is 2.62. The molecule has 14 nitrogen and oxygen atoms in total. The molecule has 0 aliphatic carbocycles. The molecule has 0 saturated carbocycles. The molecule has 9 N–H and O–H groups in total. The minimum absolute atomic E-state index is 0.242. The Morgan fingerprint density at radius 2 is 0.795 bits per heavy atom. The summed E-state index contributed by atoms with van der Waals surface area (Å²) in [6, 6.07) is -0.959. The standard InChI is InChI=1S/C74H119NO13/c1-3-5-7-9-11-13-15-17-19-21-22-23-24-25-26-27-28-29-30-31-32-33-34-35-36-37-38-39-40-42-44-46-48-50-52-54-56-58-66(79)75-62(63(78)57-55-53-51-49-47-45-43-41-20-18-16-14-12-10-8-6-4-2)61-85-73-71(84)69(82)72(65(60-77)87-73)88-74-70(83)68(81)67(80)64(59-76)86-74/h5,7,11,13,17,19-20,22-23,25-26,28-29,31-32,34-35,37-38,40-42,47,49,55,57,62-65,67-74,76-78,80-84H,3-4,6,8-10,12,14-16,18,21,24,27,30,33,36,39,43-46,48,50-54,56,58-61H2,1-2H3,(H,75,79)/b7-5-,13-11-,19-17-,23-22-,26-25-,29-28-,32-31-,35-34-,38-37-,41-20+,42-40-,49-47+,57-55+. The number of carbonyl (C=O) groups is 1. The summed E-state index contributed by atoms with van der Waals surface area (Å²) in [7, 11) is 0. The van der Waals surface area contributed by atoms with Crippen LogP contribution in [0.3, 0.4) is 0 Å². The van der Waals surface area contributed by atoms with Gasteiger partial charge in [0.05, 0.1) is 32.0 Å². The predicted molar refractivity (Wildman–Crippen MR) is 359 cm³/mol. The van der Waals surface area contributed by atoms with Crippen molar-refractivity contribution in [3.63, 3.8) is 0 Å². The third-order valence-electron chi connectivity index (χ3n) is 15.2. The second kappa shape index (κ2) is 56.6. The van der Waals surface area contributed by atoms with Gasteiger partial charge < -0.3 is 65.1 Å². The van der Waals surface area contributed by atoms with Crippen LogP contribution in [0.1, 0.15) is 206 Å². The molecular weight excluding hydrogens is 1110 g/mol. The first-order valence-electron chi connectivity index (χ1n) is 33.7. The van der Waals surface area contributed by atoms with Crippen molar-refractivity contribution in [3.8, 4) is 0 Å². The first-order chi connectivity index (χ1) is 43.1. The van der Waals surface area contributed by atoms with Crippen molar-refractivity contribution >= 4 is 5.91 Å². The molecule has 88 heavy (non-hydrogen) atoms. The molecule has 0 bridgehead atoms. The van der Waals surface area contributed by atoms with E-state index >= 15 is 0 Å². The van der Waals surface area contributed by atoms with Crippen LogP contribution in [0.4, 0.5) is 0 Å². The second-order valence-corrected chi connectivity index (χ2v) is 22.8. The molecule has 14 heteroatoms. The van der Waals surface area contributed by atoms with Gasteiger partial charge in [-0.15, -0.1) is 0 Å². The van der Waals surface area contributed by atoms with Crippen LogP contribution in [0.15, 0.2) is 158 Å². The summed E-state index contributed by atoms with van der Waals surface area (Å²) < 4.78 is 22.8. The third kappa shape index (κ3) is 40.4. The minimum atomic E-state index is -1.80. The third-order valence-corrected chi connectivity index (χ3v) is 15.2. The number of allylic oxidation sites excluding steroid dienone is 25. The van der Waals surface area contributed by atoms with E-state index in [9.17, 15) is 45.6 Å². The van der Waals surface area contributed by atoms with Crippen LogP contribution in [-0.4, -0.2) is 140 Å². The lowest BCUT2D eigenvalue weighted by atomic mass is 9.97. The van der Waals surface area contributed by atoms with E-state index in [1.807, 2.05) is 6.08 Å². The monoisotopic (exact) mass is 1230 g/mol. The lowest BCUT2D eigenvalue weighted by molar-refractivity contribution is -0.359. The highest BCUT2D eigenvalue weighted by Gasteiger charge is 2.51.